The SMILES string of the molecule is C1=Cc2cc3nc4c(nc3cc2/C=C\c2cc3nc5c(nc3cc21)CCCCCCCC5)CCCCCC4. The highest BCUT2D eigenvalue weighted by Gasteiger charge is 2.15. The molecule has 2 aromatic heterocycles. The van der Waals surface area contributed by atoms with Gasteiger partial charge in [0.2, 0.25) is 0 Å². The maximum atomic E-state index is 5.15. The fourth-order valence-electron chi connectivity index (χ4n) is 6.38. The van der Waals surface area contributed by atoms with Crippen LogP contribution in [-0.2, 0) is 25.7 Å². The Morgan fingerprint density at radius 3 is 0.816 bits per heavy atom. The van der Waals surface area contributed by atoms with Gasteiger partial charge in [0.05, 0.1) is 44.8 Å². The van der Waals surface area contributed by atoms with Crippen LogP contribution in [0.4, 0.5) is 0 Å². The number of hydrogen-bond acceptors (Lipinski definition) is 4. The molecular formula is C34H36N4. The zero-order valence-electron chi connectivity index (χ0n) is 22.3. The maximum Gasteiger partial charge on any atom is 0.0896 e. The van der Waals surface area contributed by atoms with Crippen LogP contribution in [0.15, 0.2) is 24.3 Å². The van der Waals surface area contributed by atoms with Crippen molar-refractivity contribution in [2.24, 2.45) is 0 Å². The predicted molar refractivity (Wildman–Crippen MR) is 158 cm³/mol. The van der Waals surface area contributed by atoms with Gasteiger partial charge in [0.1, 0.15) is 0 Å². The van der Waals surface area contributed by atoms with Crippen molar-refractivity contribution in [1.29, 1.82) is 0 Å². The van der Waals surface area contributed by atoms with Gasteiger partial charge in [0, 0.05) is 0 Å². The van der Waals surface area contributed by atoms with Crippen LogP contribution in [-0.4, -0.2) is 19.9 Å². The molecule has 0 radical (unpaired) electrons. The Hall–Kier alpha value is -3.40. The van der Waals surface area contributed by atoms with E-state index in [9.17, 15) is 0 Å². The summed E-state index contributed by atoms with van der Waals surface area (Å²) in [6, 6.07) is 8.90. The highest BCUT2D eigenvalue weighted by Crippen LogP contribution is 2.30. The minimum Gasteiger partial charge on any atom is -0.249 e. The number of hydrogen-bond donors (Lipinski definition) is 0. The lowest BCUT2D eigenvalue weighted by atomic mass is 9.96. The highest BCUT2D eigenvalue weighted by molar-refractivity contribution is 5.94. The second kappa shape index (κ2) is 10.4. The first-order valence-electron chi connectivity index (χ1n) is 14.8. The van der Waals surface area contributed by atoms with Gasteiger partial charge >= 0.3 is 0 Å². The van der Waals surface area contributed by atoms with Crippen LogP contribution >= 0.6 is 0 Å². The van der Waals surface area contributed by atoms with E-state index in [4.69, 9.17) is 19.9 Å². The molecule has 38 heavy (non-hydrogen) atoms. The van der Waals surface area contributed by atoms with Crippen LogP contribution in [0, 0.1) is 0 Å². The number of benzene rings is 2. The predicted octanol–water partition coefficient (Wildman–Crippen LogP) is 8.33. The summed E-state index contributed by atoms with van der Waals surface area (Å²) in [4.78, 5) is 20.5. The first kappa shape index (κ1) is 23.7. The van der Waals surface area contributed by atoms with Crippen molar-refractivity contribution in [1.82, 2.24) is 19.9 Å². The van der Waals surface area contributed by atoms with E-state index in [-0.39, 0.29) is 0 Å². The number of aryl methyl sites for hydroxylation is 4. The van der Waals surface area contributed by atoms with Gasteiger partial charge in [0.25, 0.3) is 0 Å². The quantitative estimate of drug-likeness (QED) is 0.214. The molecule has 0 N–H and O–H groups in total. The summed E-state index contributed by atoms with van der Waals surface area (Å²) < 4.78 is 0. The van der Waals surface area contributed by atoms with E-state index < -0.39 is 0 Å². The Labute approximate surface area is 225 Å². The van der Waals surface area contributed by atoms with Crippen LogP contribution in [0.3, 0.4) is 0 Å². The molecule has 0 amide bonds. The molecule has 0 bridgehead atoms. The van der Waals surface area contributed by atoms with Crippen LogP contribution in [0.2, 0.25) is 0 Å². The van der Waals surface area contributed by atoms with Gasteiger partial charge < -0.3 is 0 Å². The summed E-state index contributed by atoms with van der Waals surface area (Å²) in [7, 11) is 0. The summed E-state index contributed by atoms with van der Waals surface area (Å²) in [5, 5.41) is 0. The molecule has 3 aliphatic carbocycles. The number of nitrogens with zero attached hydrogens (tertiary/aromatic N) is 4. The normalized spacial score (nSPS) is 18.7. The first-order chi connectivity index (χ1) is 18.8. The van der Waals surface area contributed by atoms with Crippen LogP contribution in [0.5, 0.6) is 0 Å². The molecule has 0 unspecified atom stereocenters. The van der Waals surface area contributed by atoms with E-state index in [1.807, 2.05) is 0 Å². The molecule has 0 saturated heterocycles. The average molecular weight is 501 g/mol. The molecule has 192 valence electrons. The third-order valence-corrected chi connectivity index (χ3v) is 8.59. The van der Waals surface area contributed by atoms with E-state index in [0.717, 1.165) is 47.8 Å². The summed E-state index contributed by atoms with van der Waals surface area (Å²) in [5.74, 6) is 0. The van der Waals surface area contributed by atoms with Crippen molar-refractivity contribution in [2.45, 2.75) is 89.9 Å². The zero-order chi connectivity index (χ0) is 25.3. The molecule has 0 atom stereocenters. The lowest BCUT2D eigenvalue weighted by molar-refractivity contribution is 0.573. The zero-order valence-corrected chi connectivity index (χ0v) is 22.3. The summed E-state index contributed by atoms with van der Waals surface area (Å²) in [6.07, 6.45) is 25.9. The van der Waals surface area contributed by atoms with Crippen molar-refractivity contribution in [3.05, 3.63) is 69.3 Å². The second-order valence-electron chi connectivity index (χ2n) is 11.4. The third kappa shape index (κ3) is 4.77. The number of fused-ring (bicyclic) bond motifs is 6. The summed E-state index contributed by atoms with van der Waals surface area (Å²) in [6.45, 7) is 0. The molecule has 0 saturated carbocycles. The Morgan fingerprint density at radius 1 is 0.316 bits per heavy atom. The van der Waals surface area contributed by atoms with E-state index in [1.54, 1.807) is 0 Å². The molecule has 4 nitrogen and oxygen atoms in total. The average Bonchev–Trinajstić information content (AvgIpc) is 2.91. The van der Waals surface area contributed by atoms with E-state index in [1.165, 1.54) is 109 Å². The van der Waals surface area contributed by atoms with Crippen LogP contribution < -0.4 is 0 Å². The lowest BCUT2D eigenvalue weighted by Crippen LogP contribution is -2.06. The largest absolute Gasteiger partial charge is 0.249 e. The number of rotatable bonds is 0. The first-order valence-corrected chi connectivity index (χ1v) is 14.8. The topological polar surface area (TPSA) is 51.6 Å². The van der Waals surface area contributed by atoms with Gasteiger partial charge in [-0.2, -0.15) is 0 Å². The minimum absolute atomic E-state index is 1.01. The number of aromatic nitrogens is 4. The molecule has 0 spiro atoms. The Balaban J connectivity index is 1.27. The monoisotopic (exact) mass is 500 g/mol. The Bertz CT molecular complexity index is 1460. The van der Waals surface area contributed by atoms with Gasteiger partial charge in [-0.05, 0) is 97.9 Å². The molecule has 4 heteroatoms. The van der Waals surface area contributed by atoms with Gasteiger partial charge in [-0.15, -0.1) is 0 Å². The lowest BCUT2D eigenvalue weighted by Gasteiger charge is -2.15. The smallest absolute Gasteiger partial charge is 0.0896 e. The fraction of sp³-hybridized carbons (Fsp3) is 0.412. The van der Waals surface area contributed by atoms with Crippen molar-refractivity contribution < 1.29 is 0 Å². The molecule has 2 heterocycles. The van der Waals surface area contributed by atoms with E-state index in [2.05, 4.69) is 48.6 Å². The van der Waals surface area contributed by atoms with Gasteiger partial charge in [-0.1, -0.05) is 62.8 Å². The minimum atomic E-state index is 1.01. The Kier molecular flexibility index (Phi) is 6.48. The molecule has 0 aliphatic heterocycles. The molecular weight excluding hydrogens is 464 g/mol. The van der Waals surface area contributed by atoms with Gasteiger partial charge in [-0.3, -0.25) is 0 Å². The van der Waals surface area contributed by atoms with E-state index >= 15 is 0 Å². The third-order valence-electron chi connectivity index (χ3n) is 8.59. The summed E-state index contributed by atoms with van der Waals surface area (Å²) in [5.41, 5.74) is 13.7. The van der Waals surface area contributed by atoms with Crippen LogP contribution in [0.1, 0.15) is 109 Å². The van der Waals surface area contributed by atoms with Gasteiger partial charge in [-0.25, -0.2) is 19.9 Å². The summed E-state index contributed by atoms with van der Waals surface area (Å²) >= 11 is 0. The van der Waals surface area contributed by atoms with Crippen molar-refractivity contribution in [3.8, 4) is 0 Å². The standard InChI is InChI=1S/C34H36N4/c1-2-4-8-12-28-27(11-7-3-1)35-31-19-23-15-17-25-21-33-34(22-26(25)18-16-24(23)20-32(31)36-28)38-30-14-10-6-5-9-13-29(30)37-33/h15-22H,1-14H2/b17-15-,18-16?,23-15?,24-16?,25-17?,26-18?. The molecule has 3 aliphatic rings. The Morgan fingerprint density at radius 2 is 0.553 bits per heavy atom. The molecule has 2 aromatic carbocycles. The second-order valence-corrected chi connectivity index (χ2v) is 11.4. The van der Waals surface area contributed by atoms with E-state index in [0.29, 0.717) is 0 Å². The fourth-order valence-corrected chi connectivity index (χ4v) is 6.38. The molecule has 4 aromatic rings. The van der Waals surface area contributed by atoms with Gasteiger partial charge in [0.15, 0.2) is 0 Å². The van der Waals surface area contributed by atoms with Crippen molar-refractivity contribution >= 4 is 46.4 Å². The molecule has 7 rings (SSSR count). The maximum absolute atomic E-state index is 5.15. The van der Waals surface area contributed by atoms with Crippen molar-refractivity contribution in [3.63, 3.8) is 0 Å². The molecule has 0 fully saturated rings. The van der Waals surface area contributed by atoms with Crippen molar-refractivity contribution in [2.75, 3.05) is 0 Å². The highest BCUT2D eigenvalue weighted by atomic mass is 14.8. The van der Waals surface area contributed by atoms with Crippen LogP contribution in [0.25, 0.3) is 46.4 Å².